The molecule has 0 aliphatic carbocycles. The zero-order valence-corrected chi connectivity index (χ0v) is 20.9. The summed E-state index contributed by atoms with van der Waals surface area (Å²) in [4.78, 5) is 48.7. The smallest absolute Gasteiger partial charge is 0.258 e. The molecule has 6 rings (SSSR count). The van der Waals surface area contributed by atoms with E-state index in [4.69, 9.17) is 4.98 Å². The van der Waals surface area contributed by atoms with Gasteiger partial charge in [0.2, 0.25) is 11.3 Å². The van der Waals surface area contributed by atoms with Crippen molar-refractivity contribution < 1.29 is 9.59 Å². The molecule has 1 aromatic carbocycles. The average Bonchev–Trinajstić information content (AvgIpc) is 3.47. The summed E-state index contributed by atoms with van der Waals surface area (Å²) in [5, 5.41) is 6.23. The van der Waals surface area contributed by atoms with Gasteiger partial charge in [0.15, 0.2) is 5.65 Å². The number of pyridine rings is 2. The molecule has 5 heterocycles. The van der Waals surface area contributed by atoms with Gasteiger partial charge in [-0.1, -0.05) is 12.1 Å². The molecule has 2 aliphatic heterocycles. The molecule has 10 heteroatoms. The second-order valence-electron chi connectivity index (χ2n) is 9.55. The minimum absolute atomic E-state index is 0.0535. The molecule has 2 amide bonds. The molecule has 0 bridgehead atoms. The SMILES string of the molecule is CN1CCCC1CCNC(=O)c1c(=O)c2ccc(N3CCNC(=O)C3)nc2n2c1sc1ccccc12. The number of nitrogens with zero attached hydrogens (tertiary/aromatic N) is 4. The molecule has 2 N–H and O–H groups in total. The van der Waals surface area contributed by atoms with Crippen LogP contribution in [0.2, 0.25) is 0 Å². The topological polar surface area (TPSA) is 99.0 Å². The van der Waals surface area contributed by atoms with Gasteiger partial charge in [0.1, 0.15) is 16.2 Å². The Morgan fingerprint density at radius 3 is 2.86 bits per heavy atom. The van der Waals surface area contributed by atoms with Gasteiger partial charge < -0.3 is 20.4 Å². The molecule has 0 radical (unpaired) electrons. The normalized spacial score (nSPS) is 18.9. The first-order valence-corrected chi connectivity index (χ1v) is 13.2. The van der Waals surface area contributed by atoms with Crippen LogP contribution in [0.25, 0.3) is 26.1 Å². The Morgan fingerprint density at radius 1 is 1.19 bits per heavy atom. The van der Waals surface area contributed by atoms with Crippen LogP contribution in [0.3, 0.4) is 0 Å². The van der Waals surface area contributed by atoms with Crippen LogP contribution in [0.5, 0.6) is 0 Å². The van der Waals surface area contributed by atoms with Gasteiger partial charge in [-0.15, -0.1) is 11.3 Å². The predicted molar refractivity (Wildman–Crippen MR) is 142 cm³/mol. The lowest BCUT2D eigenvalue weighted by atomic mass is 10.1. The van der Waals surface area contributed by atoms with Crippen LogP contribution < -0.4 is 21.0 Å². The van der Waals surface area contributed by atoms with E-state index in [1.54, 1.807) is 12.1 Å². The van der Waals surface area contributed by atoms with Crippen LogP contribution in [0.15, 0.2) is 41.2 Å². The summed E-state index contributed by atoms with van der Waals surface area (Å²) in [5.41, 5.74) is 1.24. The highest BCUT2D eigenvalue weighted by atomic mass is 32.1. The first kappa shape index (κ1) is 22.9. The molecular weight excluding hydrogens is 476 g/mol. The number of hydrogen-bond acceptors (Lipinski definition) is 7. The van der Waals surface area contributed by atoms with E-state index in [0.717, 1.165) is 29.6 Å². The molecule has 2 aliphatic rings. The first-order valence-electron chi connectivity index (χ1n) is 12.4. The highest BCUT2D eigenvalue weighted by Crippen LogP contribution is 2.31. The summed E-state index contributed by atoms with van der Waals surface area (Å²) in [5.74, 6) is 0.240. The molecule has 1 unspecified atom stereocenters. The predicted octanol–water partition coefficient (Wildman–Crippen LogP) is 2.21. The second kappa shape index (κ2) is 9.18. The number of benzene rings is 1. The van der Waals surface area contributed by atoms with Crippen LogP contribution >= 0.6 is 11.3 Å². The number of para-hydroxylation sites is 1. The Morgan fingerprint density at radius 2 is 2.06 bits per heavy atom. The maximum atomic E-state index is 13.7. The minimum atomic E-state index is -0.344. The molecule has 1 atom stereocenters. The van der Waals surface area contributed by atoms with E-state index in [-0.39, 0.29) is 29.4 Å². The van der Waals surface area contributed by atoms with E-state index >= 15 is 0 Å². The number of hydrogen-bond donors (Lipinski definition) is 2. The molecular formula is C26H28N6O3S. The van der Waals surface area contributed by atoms with Crippen LogP contribution in [0, 0.1) is 0 Å². The monoisotopic (exact) mass is 504 g/mol. The van der Waals surface area contributed by atoms with E-state index in [9.17, 15) is 14.4 Å². The minimum Gasteiger partial charge on any atom is -0.353 e. The van der Waals surface area contributed by atoms with Crippen molar-refractivity contribution in [2.24, 2.45) is 0 Å². The van der Waals surface area contributed by atoms with Crippen LogP contribution in [-0.2, 0) is 4.79 Å². The van der Waals surface area contributed by atoms with E-state index < -0.39 is 0 Å². The van der Waals surface area contributed by atoms with Gasteiger partial charge in [0, 0.05) is 25.7 Å². The van der Waals surface area contributed by atoms with Crippen molar-refractivity contribution >= 4 is 55.0 Å². The van der Waals surface area contributed by atoms with Crippen LogP contribution in [0.1, 0.15) is 29.6 Å². The highest BCUT2D eigenvalue weighted by molar-refractivity contribution is 7.24. The molecule has 4 aromatic rings. The van der Waals surface area contributed by atoms with Gasteiger partial charge in [-0.05, 0) is 57.1 Å². The largest absolute Gasteiger partial charge is 0.353 e. The Kier molecular flexibility index (Phi) is 5.85. The van der Waals surface area contributed by atoms with Crippen molar-refractivity contribution in [3.63, 3.8) is 0 Å². The van der Waals surface area contributed by atoms with Crippen molar-refractivity contribution in [1.82, 2.24) is 24.9 Å². The fourth-order valence-electron chi connectivity index (χ4n) is 5.37. The number of rotatable bonds is 5. The lowest BCUT2D eigenvalue weighted by molar-refractivity contribution is -0.120. The summed E-state index contributed by atoms with van der Waals surface area (Å²) in [6.07, 6.45) is 3.18. The quantitative estimate of drug-likeness (QED) is 0.433. The Balaban J connectivity index is 1.45. The zero-order chi connectivity index (χ0) is 24.8. The standard InChI is InChI=1S/C26H28N6O3S/c1-30-13-4-5-16(30)10-11-28-25(35)22-23(34)17-8-9-20(31-14-12-27-21(33)15-31)29-24(17)32-18-6-2-3-7-19(18)36-26(22)32/h2-3,6-9,16H,4-5,10-15H2,1H3,(H,27,33)(H,28,35). The number of piperazine rings is 1. The molecule has 0 spiro atoms. The molecule has 2 fully saturated rings. The zero-order valence-electron chi connectivity index (χ0n) is 20.1. The third-order valence-corrected chi connectivity index (χ3v) is 8.44. The van der Waals surface area contributed by atoms with Crippen molar-refractivity contribution in [1.29, 1.82) is 0 Å². The first-order chi connectivity index (χ1) is 17.5. The van der Waals surface area contributed by atoms with Gasteiger partial charge in [0.25, 0.3) is 5.91 Å². The fourth-order valence-corrected chi connectivity index (χ4v) is 6.56. The summed E-state index contributed by atoms with van der Waals surface area (Å²) >= 11 is 1.42. The number of likely N-dealkylation sites (tertiary alicyclic amines) is 1. The third kappa shape index (κ3) is 3.90. The van der Waals surface area contributed by atoms with Crippen LogP contribution in [0.4, 0.5) is 5.82 Å². The number of amides is 2. The molecule has 186 valence electrons. The van der Waals surface area contributed by atoms with Crippen LogP contribution in [-0.4, -0.2) is 71.9 Å². The van der Waals surface area contributed by atoms with Crippen molar-refractivity contribution in [2.75, 3.05) is 44.7 Å². The fraction of sp³-hybridized carbons (Fsp3) is 0.385. The maximum absolute atomic E-state index is 13.7. The highest BCUT2D eigenvalue weighted by Gasteiger charge is 2.25. The van der Waals surface area contributed by atoms with Gasteiger partial charge >= 0.3 is 0 Å². The van der Waals surface area contributed by atoms with E-state index in [0.29, 0.717) is 47.4 Å². The molecule has 9 nitrogen and oxygen atoms in total. The maximum Gasteiger partial charge on any atom is 0.258 e. The van der Waals surface area contributed by atoms with Gasteiger partial charge in [-0.2, -0.15) is 0 Å². The van der Waals surface area contributed by atoms with E-state index in [1.807, 2.05) is 33.6 Å². The number of nitrogens with one attached hydrogen (secondary N) is 2. The number of carbonyl (C=O) groups is 2. The van der Waals surface area contributed by atoms with Gasteiger partial charge in [0.05, 0.1) is 22.1 Å². The third-order valence-electron chi connectivity index (χ3n) is 7.30. The van der Waals surface area contributed by atoms with Crippen molar-refractivity contribution in [3.05, 3.63) is 52.2 Å². The summed E-state index contributed by atoms with van der Waals surface area (Å²) in [6, 6.07) is 11.8. The summed E-state index contributed by atoms with van der Waals surface area (Å²) in [6.45, 7) is 3.02. The Hall–Kier alpha value is -3.50. The van der Waals surface area contributed by atoms with E-state index in [1.165, 1.54) is 17.8 Å². The summed E-state index contributed by atoms with van der Waals surface area (Å²) < 4.78 is 2.89. The lowest BCUT2D eigenvalue weighted by Crippen LogP contribution is -2.48. The summed E-state index contributed by atoms with van der Waals surface area (Å²) in [7, 11) is 2.12. The number of fused-ring (bicyclic) bond motifs is 5. The number of carbonyl (C=O) groups excluding carboxylic acids is 2. The van der Waals surface area contributed by atoms with Crippen molar-refractivity contribution in [2.45, 2.75) is 25.3 Å². The Labute approximate surface area is 211 Å². The van der Waals surface area contributed by atoms with Crippen molar-refractivity contribution in [3.8, 4) is 0 Å². The number of aromatic nitrogens is 2. The van der Waals surface area contributed by atoms with Gasteiger partial charge in [-0.3, -0.25) is 18.8 Å². The molecule has 0 saturated carbocycles. The average molecular weight is 505 g/mol. The second-order valence-corrected chi connectivity index (χ2v) is 10.6. The van der Waals surface area contributed by atoms with E-state index in [2.05, 4.69) is 22.6 Å². The van der Waals surface area contributed by atoms with Gasteiger partial charge in [-0.25, -0.2) is 4.98 Å². The molecule has 2 saturated heterocycles. The Bertz CT molecular complexity index is 1560. The number of anilines is 1. The molecule has 36 heavy (non-hydrogen) atoms. The number of thiazole rings is 1. The molecule has 3 aromatic heterocycles. The lowest BCUT2D eigenvalue weighted by Gasteiger charge is -2.27.